The maximum Gasteiger partial charge on any atom is 0.417 e. The first-order valence-electron chi connectivity index (χ1n) is 8.55. The number of ether oxygens (including phenoxy) is 1. The lowest BCUT2D eigenvalue weighted by Crippen LogP contribution is -2.39. The average molecular weight is 350 g/mol. The van der Waals surface area contributed by atoms with E-state index < -0.39 is 18.1 Å². The Kier molecular flexibility index (Phi) is 4.16. The topological polar surface area (TPSA) is 66.9 Å². The van der Waals surface area contributed by atoms with Crippen molar-refractivity contribution in [2.45, 2.75) is 12.5 Å². The van der Waals surface area contributed by atoms with Crippen molar-refractivity contribution in [1.82, 2.24) is 4.90 Å². The number of hydrogen-bond acceptors (Lipinski definition) is 4. The number of imide groups is 1. The van der Waals surface area contributed by atoms with Gasteiger partial charge in [-0.15, -0.1) is 0 Å². The zero-order valence-corrected chi connectivity index (χ0v) is 14.1. The van der Waals surface area contributed by atoms with Crippen LogP contribution in [-0.2, 0) is 14.3 Å². The van der Waals surface area contributed by atoms with Gasteiger partial charge in [0.1, 0.15) is 12.6 Å². The van der Waals surface area contributed by atoms with Crippen LogP contribution >= 0.6 is 0 Å². The molecule has 0 aliphatic carbocycles. The summed E-state index contributed by atoms with van der Waals surface area (Å²) < 4.78 is 5.12. The smallest absolute Gasteiger partial charge is 0.417 e. The summed E-state index contributed by atoms with van der Waals surface area (Å²) in [5.74, 6) is -1.02. The van der Waals surface area contributed by atoms with E-state index in [0.29, 0.717) is 0 Å². The lowest BCUT2D eigenvalue weighted by molar-refractivity contribution is -0.134. The fourth-order valence-electron chi connectivity index (χ4n) is 3.51. The van der Waals surface area contributed by atoms with Crippen LogP contribution in [0.4, 0.5) is 10.5 Å². The second-order valence-corrected chi connectivity index (χ2v) is 6.45. The van der Waals surface area contributed by atoms with Crippen LogP contribution in [0.3, 0.4) is 0 Å². The number of hydrogen-bond donors (Lipinski definition) is 0. The van der Waals surface area contributed by atoms with E-state index in [9.17, 15) is 14.4 Å². The van der Waals surface area contributed by atoms with E-state index in [-0.39, 0.29) is 31.4 Å². The van der Waals surface area contributed by atoms with Crippen molar-refractivity contribution >= 4 is 23.6 Å². The minimum absolute atomic E-state index is 0.0962. The van der Waals surface area contributed by atoms with Gasteiger partial charge in [-0.25, -0.2) is 9.69 Å². The van der Waals surface area contributed by atoms with Crippen molar-refractivity contribution in [1.29, 1.82) is 0 Å². The number of rotatable bonds is 3. The van der Waals surface area contributed by atoms with Crippen LogP contribution < -0.4 is 4.90 Å². The van der Waals surface area contributed by atoms with Crippen molar-refractivity contribution in [3.8, 4) is 0 Å². The molecule has 0 aromatic heterocycles. The van der Waals surface area contributed by atoms with Gasteiger partial charge in [-0.05, 0) is 17.7 Å². The van der Waals surface area contributed by atoms with Crippen LogP contribution in [0.5, 0.6) is 0 Å². The molecule has 0 spiro atoms. The number of benzene rings is 2. The largest absolute Gasteiger partial charge is 0.446 e. The molecule has 6 nitrogen and oxygen atoms in total. The predicted octanol–water partition coefficient (Wildman–Crippen LogP) is 2.76. The van der Waals surface area contributed by atoms with Gasteiger partial charge in [-0.1, -0.05) is 48.5 Å². The van der Waals surface area contributed by atoms with E-state index in [1.165, 1.54) is 4.90 Å². The highest BCUT2D eigenvalue weighted by Crippen LogP contribution is 2.32. The Hall–Kier alpha value is -3.15. The highest BCUT2D eigenvalue weighted by atomic mass is 16.6. The van der Waals surface area contributed by atoms with Crippen LogP contribution in [0.2, 0.25) is 0 Å². The molecule has 1 unspecified atom stereocenters. The van der Waals surface area contributed by atoms with Crippen molar-refractivity contribution in [3.63, 3.8) is 0 Å². The van der Waals surface area contributed by atoms with Gasteiger partial charge >= 0.3 is 6.09 Å². The van der Waals surface area contributed by atoms with Gasteiger partial charge in [0.25, 0.3) is 0 Å². The molecule has 0 N–H and O–H groups in total. The first-order valence-corrected chi connectivity index (χ1v) is 8.55. The Morgan fingerprint density at radius 3 is 2.31 bits per heavy atom. The molecule has 0 bridgehead atoms. The molecular formula is C20H18N2O4. The summed E-state index contributed by atoms with van der Waals surface area (Å²) in [7, 11) is 0. The van der Waals surface area contributed by atoms with E-state index in [0.717, 1.165) is 11.3 Å². The molecule has 4 rings (SSSR count). The number of para-hydroxylation sites is 1. The molecule has 3 amide bonds. The van der Waals surface area contributed by atoms with Crippen molar-refractivity contribution in [3.05, 3.63) is 66.2 Å². The summed E-state index contributed by atoms with van der Waals surface area (Å²) in [6.45, 7) is 0.407. The quantitative estimate of drug-likeness (QED) is 0.854. The molecule has 0 saturated carbocycles. The maximum absolute atomic E-state index is 13.0. The third-order valence-electron chi connectivity index (χ3n) is 4.84. The van der Waals surface area contributed by atoms with Crippen LogP contribution in [-0.4, -0.2) is 36.0 Å². The van der Waals surface area contributed by atoms with E-state index in [1.807, 2.05) is 60.7 Å². The van der Waals surface area contributed by atoms with Gasteiger partial charge in [0, 0.05) is 18.7 Å². The molecule has 2 saturated heterocycles. The van der Waals surface area contributed by atoms with Crippen LogP contribution in [0.25, 0.3) is 0 Å². The second kappa shape index (κ2) is 6.63. The predicted molar refractivity (Wildman–Crippen MR) is 94.3 cm³/mol. The highest BCUT2D eigenvalue weighted by molar-refractivity contribution is 6.03. The van der Waals surface area contributed by atoms with E-state index in [2.05, 4.69) is 0 Å². The number of carbonyl (C=O) groups is 3. The Balaban J connectivity index is 1.55. The molecule has 2 heterocycles. The molecular weight excluding hydrogens is 332 g/mol. The SMILES string of the molecule is O=C1C[C@H](C(=O)N2C(=O)OCC2c2ccccc2)CN1c1ccccc1. The normalized spacial score (nSPS) is 22.6. The summed E-state index contributed by atoms with van der Waals surface area (Å²) >= 11 is 0. The molecule has 2 atom stereocenters. The van der Waals surface area contributed by atoms with E-state index >= 15 is 0 Å². The van der Waals surface area contributed by atoms with Crippen LogP contribution in [0.15, 0.2) is 60.7 Å². The standard InChI is InChI=1S/C20H18N2O4/c23-18-11-15(12-21(18)16-9-5-2-6-10-16)19(24)22-17(13-26-20(22)25)14-7-3-1-4-8-14/h1-10,15,17H,11-13H2/t15-,17?/m0/s1. The number of anilines is 1. The zero-order valence-electron chi connectivity index (χ0n) is 14.1. The monoisotopic (exact) mass is 350 g/mol. The molecule has 132 valence electrons. The lowest BCUT2D eigenvalue weighted by atomic mass is 10.0. The molecule has 2 aromatic rings. The molecule has 2 fully saturated rings. The maximum atomic E-state index is 13.0. The third kappa shape index (κ3) is 2.83. The number of cyclic esters (lactones) is 1. The Morgan fingerprint density at radius 1 is 0.962 bits per heavy atom. The Bertz CT molecular complexity index is 837. The minimum atomic E-state index is -0.644. The average Bonchev–Trinajstić information content (AvgIpc) is 3.25. The van der Waals surface area contributed by atoms with Crippen LogP contribution in [0.1, 0.15) is 18.0 Å². The summed E-state index contributed by atoms with van der Waals surface area (Å²) in [5, 5.41) is 0. The van der Waals surface area contributed by atoms with E-state index in [4.69, 9.17) is 4.74 Å². The van der Waals surface area contributed by atoms with Crippen molar-refractivity contribution < 1.29 is 19.1 Å². The first kappa shape index (κ1) is 16.3. The third-order valence-corrected chi connectivity index (χ3v) is 4.84. The highest BCUT2D eigenvalue weighted by Gasteiger charge is 2.45. The van der Waals surface area contributed by atoms with Gasteiger partial charge in [-0.3, -0.25) is 9.59 Å². The fraction of sp³-hybridized carbons (Fsp3) is 0.250. The van der Waals surface area contributed by atoms with Gasteiger partial charge in [0.2, 0.25) is 11.8 Å². The molecule has 2 aliphatic heterocycles. The molecule has 2 aromatic carbocycles. The zero-order chi connectivity index (χ0) is 18.1. The summed E-state index contributed by atoms with van der Waals surface area (Å²) in [4.78, 5) is 40.3. The van der Waals surface area contributed by atoms with Gasteiger partial charge in [-0.2, -0.15) is 0 Å². The number of amides is 3. The lowest BCUT2D eigenvalue weighted by Gasteiger charge is -2.23. The number of carbonyl (C=O) groups excluding carboxylic acids is 3. The second-order valence-electron chi connectivity index (χ2n) is 6.45. The molecule has 26 heavy (non-hydrogen) atoms. The minimum Gasteiger partial charge on any atom is -0.446 e. The van der Waals surface area contributed by atoms with E-state index in [1.54, 1.807) is 4.90 Å². The summed E-state index contributed by atoms with van der Waals surface area (Å²) in [5.41, 5.74) is 1.60. The Labute approximate surface area is 151 Å². The van der Waals surface area contributed by atoms with Gasteiger partial charge in [0.05, 0.1) is 5.92 Å². The molecule has 0 radical (unpaired) electrons. The van der Waals surface area contributed by atoms with Crippen LogP contribution in [0, 0.1) is 5.92 Å². The van der Waals surface area contributed by atoms with Crippen molar-refractivity contribution in [2.75, 3.05) is 18.1 Å². The summed E-state index contributed by atoms with van der Waals surface area (Å²) in [6, 6.07) is 18.1. The fourth-order valence-corrected chi connectivity index (χ4v) is 3.51. The first-order chi connectivity index (χ1) is 12.6. The van der Waals surface area contributed by atoms with Crippen molar-refractivity contribution in [2.24, 2.45) is 5.92 Å². The molecule has 2 aliphatic rings. The summed E-state index contributed by atoms with van der Waals surface area (Å²) in [6.07, 6.45) is -0.548. The van der Waals surface area contributed by atoms with Gasteiger partial charge < -0.3 is 9.64 Å². The van der Waals surface area contributed by atoms with Gasteiger partial charge in [0.15, 0.2) is 0 Å². The number of nitrogens with zero attached hydrogens (tertiary/aromatic N) is 2. The molecule has 6 heteroatoms. The Morgan fingerprint density at radius 2 is 1.62 bits per heavy atom.